The fraction of sp³-hybridized carbons (Fsp3) is 0.812. The van der Waals surface area contributed by atoms with Crippen LogP contribution in [0.25, 0.3) is 0 Å². The predicted octanol–water partition coefficient (Wildman–Crippen LogP) is 3.52. The summed E-state index contributed by atoms with van der Waals surface area (Å²) in [5.74, 6) is 0. The SMILES string of the molecule is CCN(CC)CCc1nc(C(C)(C)C)c(C(C)(C)N)s1. The Balaban J connectivity index is 2.98. The van der Waals surface area contributed by atoms with Crippen LogP contribution in [0.1, 0.15) is 64.0 Å². The molecule has 0 radical (unpaired) electrons. The molecule has 0 atom stereocenters. The van der Waals surface area contributed by atoms with Gasteiger partial charge in [0.1, 0.15) is 0 Å². The van der Waals surface area contributed by atoms with Crippen LogP contribution in [0.5, 0.6) is 0 Å². The van der Waals surface area contributed by atoms with Gasteiger partial charge in [0, 0.05) is 28.8 Å². The highest BCUT2D eigenvalue weighted by Crippen LogP contribution is 2.35. The lowest BCUT2D eigenvalue weighted by molar-refractivity contribution is 0.307. The van der Waals surface area contributed by atoms with Crippen LogP contribution in [-0.4, -0.2) is 29.5 Å². The number of rotatable bonds is 6. The standard InChI is InChI=1S/C16H31N3S/c1-8-19(9-2)11-10-12-18-13(15(3,4)5)14(20-12)16(6,7)17/h8-11,17H2,1-7H3. The van der Waals surface area contributed by atoms with Crippen molar-refractivity contribution in [1.82, 2.24) is 9.88 Å². The summed E-state index contributed by atoms with van der Waals surface area (Å²) in [7, 11) is 0. The zero-order chi connectivity index (χ0) is 15.6. The molecule has 0 unspecified atom stereocenters. The van der Waals surface area contributed by atoms with E-state index < -0.39 is 0 Å². The van der Waals surface area contributed by atoms with E-state index in [9.17, 15) is 0 Å². The Labute approximate surface area is 128 Å². The zero-order valence-corrected chi connectivity index (χ0v) is 15.0. The second-order valence-electron chi connectivity index (χ2n) is 7.03. The summed E-state index contributed by atoms with van der Waals surface area (Å²) >= 11 is 1.79. The molecule has 0 aliphatic heterocycles. The predicted molar refractivity (Wildman–Crippen MR) is 89.5 cm³/mol. The van der Waals surface area contributed by atoms with Gasteiger partial charge in [0.05, 0.1) is 10.7 Å². The molecule has 4 heteroatoms. The van der Waals surface area contributed by atoms with Gasteiger partial charge in [-0.1, -0.05) is 34.6 Å². The van der Waals surface area contributed by atoms with Crippen molar-refractivity contribution in [3.63, 3.8) is 0 Å². The first-order valence-electron chi connectivity index (χ1n) is 7.61. The van der Waals surface area contributed by atoms with Crippen LogP contribution in [-0.2, 0) is 17.4 Å². The average Bonchev–Trinajstić information content (AvgIpc) is 2.74. The fourth-order valence-corrected chi connectivity index (χ4v) is 3.49. The van der Waals surface area contributed by atoms with Crippen LogP contribution in [0, 0.1) is 0 Å². The molecule has 1 heterocycles. The number of thiazole rings is 1. The Bertz CT molecular complexity index is 388. The van der Waals surface area contributed by atoms with Gasteiger partial charge in [-0.05, 0) is 26.9 Å². The van der Waals surface area contributed by atoms with Gasteiger partial charge < -0.3 is 10.6 Å². The van der Waals surface area contributed by atoms with E-state index in [1.807, 2.05) is 0 Å². The molecule has 1 aromatic heterocycles. The van der Waals surface area contributed by atoms with E-state index in [0.717, 1.165) is 26.1 Å². The second-order valence-corrected chi connectivity index (χ2v) is 8.12. The van der Waals surface area contributed by atoms with E-state index in [1.165, 1.54) is 15.6 Å². The minimum absolute atomic E-state index is 0.0515. The summed E-state index contributed by atoms with van der Waals surface area (Å²) < 4.78 is 0. The second kappa shape index (κ2) is 6.54. The zero-order valence-electron chi connectivity index (χ0n) is 14.2. The van der Waals surface area contributed by atoms with Crippen LogP contribution in [0.4, 0.5) is 0 Å². The van der Waals surface area contributed by atoms with E-state index in [4.69, 9.17) is 10.7 Å². The van der Waals surface area contributed by atoms with Gasteiger partial charge in [-0.15, -0.1) is 11.3 Å². The number of hydrogen-bond donors (Lipinski definition) is 1. The molecule has 0 saturated heterocycles. The lowest BCUT2D eigenvalue weighted by Crippen LogP contribution is -2.31. The summed E-state index contributed by atoms with van der Waals surface area (Å²) in [4.78, 5) is 8.57. The molecule has 0 aliphatic rings. The van der Waals surface area contributed by atoms with Crippen molar-refractivity contribution >= 4 is 11.3 Å². The van der Waals surface area contributed by atoms with Crippen LogP contribution >= 0.6 is 11.3 Å². The maximum Gasteiger partial charge on any atom is 0.0944 e. The molecule has 0 fully saturated rings. The lowest BCUT2D eigenvalue weighted by atomic mass is 9.87. The summed E-state index contributed by atoms with van der Waals surface area (Å²) in [6.45, 7) is 18.5. The Kier molecular flexibility index (Phi) is 5.76. The van der Waals surface area contributed by atoms with Crippen molar-refractivity contribution in [2.75, 3.05) is 19.6 Å². The molecule has 20 heavy (non-hydrogen) atoms. The molecular formula is C16H31N3S. The van der Waals surface area contributed by atoms with Gasteiger partial charge >= 0.3 is 0 Å². The summed E-state index contributed by atoms with van der Waals surface area (Å²) in [6, 6.07) is 0. The number of nitrogens with zero attached hydrogens (tertiary/aromatic N) is 2. The Morgan fingerprint density at radius 2 is 1.65 bits per heavy atom. The topological polar surface area (TPSA) is 42.2 Å². The van der Waals surface area contributed by atoms with Crippen molar-refractivity contribution in [3.05, 3.63) is 15.6 Å². The Morgan fingerprint density at radius 3 is 2.00 bits per heavy atom. The number of hydrogen-bond acceptors (Lipinski definition) is 4. The van der Waals surface area contributed by atoms with Crippen LogP contribution in [0.3, 0.4) is 0 Å². The molecule has 0 aromatic carbocycles. The van der Waals surface area contributed by atoms with Gasteiger partial charge in [0.2, 0.25) is 0 Å². The maximum absolute atomic E-state index is 6.34. The molecule has 0 aliphatic carbocycles. The highest BCUT2D eigenvalue weighted by molar-refractivity contribution is 7.11. The summed E-state index contributed by atoms with van der Waals surface area (Å²) in [5, 5.41) is 1.22. The smallest absolute Gasteiger partial charge is 0.0944 e. The van der Waals surface area contributed by atoms with Crippen molar-refractivity contribution in [1.29, 1.82) is 0 Å². The third-order valence-electron chi connectivity index (χ3n) is 3.50. The maximum atomic E-state index is 6.34. The van der Waals surface area contributed by atoms with Gasteiger partial charge in [-0.3, -0.25) is 0 Å². The lowest BCUT2D eigenvalue weighted by Gasteiger charge is -2.24. The first kappa shape index (κ1) is 17.6. The van der Waals surface area contributed by atoms with Crippen molar-refractivity contribution in [2.24, 2.45) is 5.73 Å². The van der Waals surface area contributed by atoms with Gasteiger partial charge in [-0.2, -0.15) is 0 Å². The van der Waals surface area contributed by atoms with E-state index in [0.29, 0.717) is 0 Å². The van der Waals surface area contributed by atoms with Crippen molar-refractivity contribution in [2.45, 2.75) is 65.8 Å². The van der Waals surface area contributed by atoms with Gasteiger partial charge in [-0.25, -0.2) is 4.98 Å². The molecule has 1 rings (SSSR count). The quantitative estimate of drug-likeness (QED) is 0.873. The van der Waals surface area contributed by atoms with Crippen LogP contribution in [0.2, 0.25) is 0 Å². The molecule has 1 aromatic rings. The largest absolute Gasteiger partial charge is 0.321 e. The average molecular weight is 298 g/mol. The first-order valence-corrected chi connectivity index (χ1v) is 8.43. The highest BCUT2D eigenvalue weighted by Gasteiger charge is 2.29. The van der Waals surface area contributed by atoms with Gasteiger partial charge in [0.15, 0.2) is 0 Å². The van der Waals surface area contributed by atoms with Crippen LogP contribution in [0.15, 0.2) is 0 Å². The minimum Gasteiger partial charge on any atom is -0.321 e. The third kappa shape index (κ3) is 4.54. The highest BCUT2D eigenvalue weighted by atomic mass is 32.1. The van der Waals surface area contributed by atoms with Crippen molar-refractivity contribution in [3.8, 4) is 0 Å². The van der Waals surface area contributed by atoms with Gasteiger partial charge in [0.25, 0.3) is 0 Å². The van der Waals surface area contributed by atoms with E-state index >= 15 is 0 Å². The number of aromatic nitrogens is 1. The Morgan fingerprint density at radius 1 is 1.10 bits per heavy atom. The van der Waals surface area contributed by atoms with E-state index in [1.54, 1.807) is 11.3 Å². The van der Waals surface area contributed by atoms with Crippen molar-refractivity contribution < 1.29 is 0 Å². The first-order chi connectivity index (χ1) is 9.09. The summed E-state index contributed by atoms with van der Waals surface area (Å²) in [6.07, 6.45) is 1.02. The van der Waals surface area contributed by atoms with E-state index in [2.05, 4.69) is 53.4 Å². The monoisotopic (exact) mass is 297 g/mol. The minimum atomic E-state index is -0.312. The van der Waals surface area contributed by atoms with E-state index in [-0.39, 0.29) is 11.0 Å². The molecule has 0 spiro atoms. The fourth-order valence-electron chi connectivity index (χ4n) is 2.21. The number of nitrogens with two attached hydrogens (primary N) is 1. The molecular weight excluding hydrogens is 266 g/mol. The molecule has 116 valence electrons. The molecule has 3 nitrogen and oxygen atoms in total. The molecule has 0 saturated carbocycles. The third-order valence-corrected chi connectivity index (χ3v) is 4.96. The molecule has 2 N–H and O–H groups in total. The Hall–Kier alpha value is -0.450. The molecule has 0 bridgehead atoms. The number of likely N-dealkylation sites (N-methyl/N-ethyl adjacent to an activating group) is 1. The van der Waals surface area contributed by atoms with Crippen LogP contribution < -0.4 is 5.73 Å². The molecule has 0 amide bonds. The summed E-state index contributed by atoms with van der Waals surface area (Å²) in [5.41, 5.74) is 7.25. The normalized spacial score (nSPS) is 13.2.